The van der Waals surface area contributed by atoms with Gasteiger partial charge in [-0.2, -0.15) is 0 Å². The predicted octanol–water partition coefficient (Wildman–Crippen LogP) is 2.25. The summed E-state index contributed by atoms with van der Waals surface area (Å²) in [5.41, 5.74) is -0.488. The van der Waals surface area contributed by atoms with E-state index >= 15 is 0 Å². The zero-order valence-corrected chi connectivity index (χ0v) is 7.94. The molecule has 0 heterocycles. The van der Waals surface area contributed by atoms with Crippen LogP contribution in [0.5, 0.6) is 5.75 Å². The highest BCUT2D eigenvalue weighted by Gasteiger charge is 2.16. The lowest BCUT2D eigenvalue weighted by molar-refractivity contribution is 0.101. The first-order valence-corrected chi connectivity index (χ1v) is 4.45. The molecule has 0 radical (unpaired) electrons. The second-order valence-corrected chi connectivity index (χ2v) is 2.90. The number of carbonyl (C=O) groups is 1. The van der Waals surface area contributed by atoms with Gasteiger partial charge >= 0.3 is 0 Å². The Morgan fingerprint density at radius 1 is 1.46 bits per heavy atom. The minimum absolute atomic E-state index is 0.122. The minimum atomic E-state index is -1.05. The molecule has 0 saturated carbocycles. The highest BCUT2D eigenvalue weighted by atomic mass is 79.9. The summed E-state index contributed by atoms with van der Waals surface area (Å²) in [5, 5.41) is 8.93. The van der Waals surface area contributed by atoms with Gasteiger partial charge in [0.05, 0.1) is 10.9 Å². The van der Waals surface area contributed by atoms with Gasteiger partial charge in [0, 0.05) is 12.1 Å². The van der Waals surface area contributed by atoms with Crippen molar-refractivity contribution >= 4 is 21.7 Å². The quantitative estimate of drug-likeness (QED) is 0.646. The van der Waals surface area contributed by atoms with Crippen molar-refractivity contribution in [1.82, 2.24) is 0 Å². The largest absolute Gasteiger partial charge is 0.507 e. The summed E-state index contributed by atoms with van der Waals surface area (Å²) in [6.45, 7) is 0. The zero-order chi connectivity index (χ0) is 10.0. The fraction of sp³-hybridized carbons (Fsp3) is 0.125. The summed E-state index contributed by atoms with van der Waals surface area (Å²) in [5.74, 6) is -3.28. The van der Waals surface area contributed by atoms with E-state index < -0.39 is 28.7 Å². The highest BCUT2D eigenvalue weighted by Crippen LogP contribution is 2.22. The van der Waals surface area contributed by atoms with Crippen molar-refractivity contribution in [3.63, 3.8) is 0 Å². The van der Waals surface area contributed by atoms with Crippen molar-refractivity contribution in [2.24, 2.45) is 0 Å². The molecule has 0 aliphatic heterocycles. The third-order valence-corrected chi connectivity index (χ3v) is 1.94. The molecular weight excluding hydrogens is 246 g/mol. The Balaban J connectivity index is 3.28. The number of aromatic hydroxyl groups is 1. The molecule has 0 amide bonds. The lowest BCUT2D eigenvalue weighted by atomic mass is 10.1. The maximum atomic E-state index is 12.9. The van der Waals surface area contributed by atoms with Crippen LogP contribution >= 0.6 is 15.9 Å². The van der Waals surface area contributed by atoms with Crippen LogP contribution < -0.4 is 0 Å². The van der Waals surface area contributed by atoms with Gasteiger partial charge in [-0.15, -0.1) is 0 Å². The van der Waals surface area contributed by atoms with Gasteiger partial charge in [0.25, 0.3) is 0 Å². The SMILES string of the molecule is O=C(CBr)c1c(O)cc(F)cc1F. The van der Waals surface area contributed by atoms with E-state index in [-0.39, 0.29) is 5.33 Å². The molecule has 1 aromatic carbocycles. The molecule has 0 unspecified atom stereocenters. The maximum absolute atomic E-state index is 12.9. The van der Waals surface area contributed by atoms with Crippen molar-refractivity contribution in [3.8, 4) is 5.75 Å². The number of benzene rings is 1. The van der Waals surface area contributed by atoms with E-state index in [0.29, 0.717) is 12.1 Å². The first-order chi connectivity index (χ1) is 6.06. The van der Waals surface area contributed by atoms with Gasteiger partial charge in [-0.1, -0.05) is 15.9 Å². The van der Waals surface area contributed by atoms with E-state index in [1.807, 2.05) is 0 Å². The number of halogens is 3. The lowest BCUT2D eigenvalue weighted by Crippen LogP contribution is -2.04. The Morgan fingerprint density at radius 2 is 2.08 bits per heavy atom. The average molecular weight is 251 g/mol. The van der Waals surface area contributed by atoms with Crippen LogP contribution in [0.2, 0.25) is 0 Å². The van der Waals surface area contributed by atoms with Crippen LogP contribution in [0, 0.1) is 11.6 Å². The fourth-order valence-electron chi connectivity index (χ4n) is 0.903. The van der Waals surface area contributed by atoms with Crippen molar-refractivity contribution in [2.45, 2.75) is 0 Å². The van der Waals surface area contributed by atoms with E-state index in [2.05, 4.69) is 15.9 Å². The summed E-state index contributed by atoms with van der Waals surface area (Å²) in [6, 6.07) is 1.24. The zero-order valence-electron chi connectivity index (χ0n) is 6.35. The van der Waals surface area contributed by atoms with Gasteiger partial charge in [-0.25, -0.2) is 8.78 Å². The molecule has 0 aliphatic carbocycles. The monoisotopic (exact) mass is 250 g/mol. The van der Waals surface area contributed by atoms with E-state index in [4.69, 9.17) is 5.11 Å². The summed E-state index contributed by atoms with van der Waals surface area (Å²) in [7, 11) is 0. The normalized spacial score (nSPS) is 10.1. The second kappa shape index (κ2) is 3.83. The Labute approximate surface area is 81.3 Å². The van der Waals surface area contributed by atoms with Crippen LogP contribution in [0.25, 0.3) is 0 Å². The average Bonchev–Trinajstić information content (AvgIpc) is 2.02. The van der Waals surface area contributed by atoms with Crippen LogP contribution in [0.3, 0.4) is 0 Å². The van der Waals surface area contributed by atoms with Crippen LogP contribution in [0.1, 0.15) is 10.4 Å². The van der Waals surface area contributed by atoms with Gasteiger partial charge in [0.2, 0.25) is 0 Å². The molecule has 1 N–H and O–H groups in total. The predicted molar refractivity (Wildman–Crippen MR) is 46.1 cm³/mol. The van der Waals surface area contributed by atoms with Crippen LogP contribution in [-0.4, -0.2) is 16.2 Å². The van der Waals surface area contributed by atoms with Crippen molar-refractivity contribution in [2.75, 3.05) is 5.33 Å². The summed E-state index contributed by atoms with van der Waals surface area (Å²) < 4.78 is 25.4. The Hall–Kier alpha value is -0.970. The molecule has 0 atom stereocenters. The molecule has 1 aromatic rings. The number of rotatable bonds is 2. The molecule has 2 nitrogen and oxygen atoms in total. The molecular formula is C8H5BrF2O2. The molecule has 0 aromatic heterocycles. The smallest absolute Gasteiger partial charge is 0.180 e. The summed E-state index contributed by atoms with van der Waals surface area (Å²) in [6.07, 6.45) is 0. The Kier molecular flexibility index (Phi) is 2.98. The standard InChI is InChI=1S/C8H5BrF2O2/c9-3-7(13)8-5(11)1-4(10)2-6(8)12/h1-2,12H,3H2. The van der Waals surface area contributed by atoms with E-state index in [9.17, 15) is 13.6 Å². The number of Topliss-reactive ketones (excluding diaryl/α,β-unsaturated/α-hetero) is 1. The molecule has 0 saturated heterocycles. The van der Waals surface area contributed by atoms with Crippen molar-refractivity contribution < 1.29 is 18.7 Å². The van der Waals surface area contributed by atoms with E-state index in [1.165, 1.54) is 0 Å². The highest BCUT2D eigenvalue weighted by molar-refractivity contribution is 9.09. The molecule has 0 bridgehead atoms. The number of ketones is 1. The third kappa shape index (κ3) is 2.03. The van der Waals surface area contributed by atoms with E-state index in [0.717, 1.165) is 0 Å². The molecule has 0 fully saturated rings. The van der Waals surface area contributed by atoms with Gasteiger partial charge in [-0.3, -0.25) is 4.79 Å². The van der Waals surface area contributed by atoms with E-state index in [1.54, 1.807) is 0 Å². The molecule has 13 heavy (non-hydrogen) atoms. The van der Waals surface area contributed by atoms with Gasteiger partial charge in [-0.05, 0) is 0 Å². The molecule has 0 aliphatic rings. The Morgan fingerprint density at radius 3 is 2.54 bits per heavy atom. The lowest BCUT2D eigenvalue weighted by Gasteiger charge is -2.02. The molecule has 70 valence electrons. The number of alkyl halides is 1. The van der Waals surface area contributed by atoms with Crippen LogP contribution in [0.15, 0.2) is 12.1 Å². The number of carbonyl (C=O) groups excluding carboxylic acids is 1. The van der Waals surface area contributed by atoms with Gasteiger partial charge < -0.3 is 5.11 Å². The van der Waals surface area contributed by atoms with Gasteiger partial charge in [0.1, 0.15) is 17.4 Å². The minimum Gasteiger partial charge on any atom is -0.507 e. The summed E-state index contributed by atoms with van der Waals surface area (Å²) >= 11 is 2.82. The van der Waals surface area contributed by atoms with Crippen LogP contribution in [-0.2, 0) is 0 Å². The number of hydrogen-bond acceptors (Lipinski definition) is 2. The number of hydrogen-bond donors (Lipinski definition) is 1. The maximum Gasteiger partial charge on any atom is 0.180 e. The van der Waals surface area contributed by atoms with Crippen molar-refractivity contribution in [3.05, 3.63) is 29.3 Å². The Bertz CT molecular complexity index is 329. The first kappa shape index (κ1) is 10.1. The topological polar surface area (TPSA) is 37.3 Å². The fourth-order valence-corrected chi connectivity index (χ4v) is 1.18. The van der Waals surface area contributed by atoms with Crippen molar-refractivity contribution in [1.29, 1.82) is 0 Å². The number of phenols is 1. The number of phenolic OH excluding ortho intramolecular Hbond substituents is 1. The molecule has 0 spiro atoms. The summed E-state index contributed by atoms with van der Waals surface area (Å²) in [4.78, 5) is 11.0. The first-order valence-electron chi connectivity index (χ1n) is 3.33. The molecule has 5 heteroatoms. The second-order valence-electron chi connectivity index (χ2n) is 2.34. The third-order valence-electron chi connectivity index (χ3n) is 1.43. The molecule has 1 rings (SSSR count). The van der Waals surface area contributed by atoms with Gasteiger partial charge in [0.15, 0.2) is 5.78 Å². The van der Waals surface area contributed by atoms with Crippen LogP contribution in [0.4, 0.5) is 8.78 Å².